The van der Waals surface area contributed by atoms with Crippen molar-refractivity contribution in [2.24, 2.45) is 0 Å². The minimum absolute atomic E-state index is 0.0856. The summed E-state index contributed by atoms with van der Waals surface area (Å²) in [6, 6.07) is 11.7. The zero-order valence-corrected chi connectivity index (χ0v) is 16.2. The molecule has 3 aromatic rings. The van der Waals surface area contributed by atoms with Crippen molar-refractivity contribution >= 4 is 17.2 Å². The van der Waals surface area contributed by atoms with Crippen LogP contribution in [0.2, 0.25) is 0 Å². The summed E-state index contributed by atoms with van der Waals surface area (Å²) in [5, 5.41) is 6.15. The van der Waals surface area contributed by atoms with E-state index in [1.54, 1.807) is 30.8 Å². The van der Waals surface area contributed by atoms with Gasteiger partial charge in [0.15, 0.2) is 0 Å². The van der Waals surface area contributed by atoms with E-state index in [1.807, 2.05) is 36.4 Å². The first-order chi connectivity index (χ1) is 13.2. The Morgan fingerprint density at radius 3 is 2.63 bits per heavy atom. The minimum atomic E-state index is 0.0856. The van der Waals surface area contributed by atoms with Crippen molar-refractivity contribution in [1.29, 1.82) is 0 Å². The third kappa shape index (κ3) is 5.89. The monoisotopic (exact) mass is 381 g/mol. The highest BCUT2D eigenvalue weighted by molar-refractivity contribution is 7.09. The molecule has 0 radical (unpaired) electrons. The quantitative estimate of drug-likeness (QED) is 0.571. The molecule has 0 aliphatic rings. The summed E-state index contributed by atoms with van der Waals surface area (Å²) in [4.78, 5) is 20.7. The summed E-state index contributed by atoms with van der Waals surface area (Å²) in [7, 11) is 1.65. The van der Waals surface area contributed by atoms with Gasteiger partial charge in [0.2, 0.25) is 5.91 Å². The summed E-state index contributed by atoms with van der Waals surface area (Å²) in [6.07, 6.45) is 6.53. The average molecular weight is 382 g/mol. The predicted molar refractivity (Wildman–Crippen MR) is 108 cm³/mol. The molecule has 1 aromatic carbocycles. The number of thiazole rings is 1. The van der Waals surface area contributed by atoms with Gasteiger partial charge in [-0.15, -0.1) is 11.3 Å². The molecule has 0 bridgehead atoms. The van der Waals surface area contributed by atoms with Gasteiger partial charge in [0, 0.05) is 42.7 Å². The van der Waals surface area contributed by atoms with Crippen molar-refractivity contribution < 1.29 is 9.53 Å². The van der Waals surface area contributed by atoms with Crippen LogP contribution in [0.5, 0.6) is 5.75 Å². The fourth-order valence-corrected chi connectivity index (χ4v) is 3.54. The number of aryl methyl sites for hydroxylation is 2. The summed E-state index contributed by atoms with van der Waals surface area (Å²) in [6.45, 7) is 0.672. The zero-order chi connectivity index (χ0) is 18.9. The van der Waals surface area contributed by atoms with Crippen LogP contribution in [0.3, 0.4) is 0 Å². The lowest BCUT2D eigenvalue weighted by Gasteiger charge is -2.05. The molecule has 5 nitrogen and oxygen atoms in total. The molecule has 0 fully saturated rings. The van der Waals surface area contributed by atoms with E-state index in [0.717, 1.165) is 46.8 Å². The van der Waals surface area contributed by atoms with Crippen LogP contribution >= 0.6 is 11.3 Å². The van der Waals surface area contributed by atoms with Crippen LogP contribution in [0, 0.1) is 0 Å². The van der Waals surface area contributed by atoms with E-state index < -0.39 is 0 Å². The molecule has 1 amide bonds. The van der Waals surface area contributed by atoms with E-state index in [2.05, 4.69) is 20.7 Å². The van der Waals surface area contributed by atoms with Crippen LogP contribution in [0.15, 0.2) is 54.2 Å². The number of hydrogen-bond donors (Lipinski definition) is 1. The Bertz CT molecular complexity index is 847. The van der Waals surface area contributed by atoms with E-state index in [4.69, 9.17) is 4.74 Å². The standard InChI is InChI=1S/C21H23N3O2S/c1-26-18-7-4-16(5-8-18)6-9-20(25)23-12-2-3-21-24-19(15-27-21)17-10-13-22-14-11-17/h4-5,7-8,10-11,13-15H,2-3,6,9,12H2,1H3,(H,23,25). The summed E-state index contributed by atoms with van der Waals surface area (Å²) >= 11 is 1.66. The number of pyridine rings is 1. The molecule has 0 atom stereocenters. The second-order valence-corrected chi connectivity index (χ2v) is 7.11. The third-order valence-corrected chi connectivity index (χ3v) is 5.13. The predicted octanol–water partition coefficient (Wildman–Crippen LogP) is 3.90. The van der Waals surface area contributed by atoms with Crippen LogP contribution in [0.25, 0.3) is 11.3 Å². The average Bonchev–Trinajstić information content (AvgIpc) is 3.20. The van der Waals surface area contributed by atoms with Crippen LogP contribution in [0.1, 0.15) is 23.4 Å². The summed E-state index contributed by atoms with van der Waals surface area (Å²) in [5.74, 6) is 0.917. The van der Waals surface area contributed by atoms with E-state index in [0.29, 0.717) is 13.0 Å². The normalized spacial score (nSPS) is 10.6. The van der Waals surface area contributed by atoms with Crippen molar-refractivity contribution in [3.63, 3.8) is 0 Å². The molecule has 2 aromatic heterocycles. The molecule has 0 aliphatic heterocycles. The van der Waals surface area contributed by atoms with Crippen molar-refractivity contribution in [3.8, 4) is 17.0 Å². The molecular weight excluding hydrogens is 358 g/mol. The summed E-state index contributed by atoms with van der Waals surface area (Å²) < 4.78 is 5.14. The van der Waals surface area contributed by atoms with E-state index in [-0.39, 0.29) is 5.91 Å². The van der Waals surface area contributed by atoms with Gasteiger partial charge < -0.3 is 10.1 Å². The van der Waals surface area contributed by atoms with Gasteiger partial charge in [0.05, 0.1) is 17.8 Å². The van der Waals surface area contributed by atoms with Crippen molar-refractivity contribution in [1.82, 2.24) is 15.3 Å². The lowest BCUT2D eigenvalue weighted by atomic mass is 10.1. The van der Waals surface area contributed by atoms with E-state index >= 15 is 0 Å². The molecule has 0 unspecified atom stereocenters. The maximum absolute atomic E-state index is 12.0. The second-order valence-electron chi connectivity index (χ2n) is 6.16. The Kier molecular flexibility index (Phi) is 6.93. The topological polar surface area (TPSA) is 64.1 Å². The highest BCUT2D eigenvalue weighted by Gasteiger charge is 2.06. The number of carbonyl (C=O) groups is 1. The number of nitrogens with one attached hydrogen (secondary N) is 1. The van der Waals surface area contributed by atoms with Gasteiger partial charge in [-0.2, -0.15) is 0 Å². The second kappa shape index (κ2) is 9.83. The number of aromatic nitrogens is 2. The molecule has 1 N–H and O–H groups in total. The number of methoxy groups -OCH3 is 1. The first-order valence-corrected chi connectivity index (χ1v) is 9.87. The number of ether oxygens (including phenoxy) is 1. The molecule has 0 saturated carbocycles. The van der Waals surface area contributed by atoms with Crippen molar-refractivity contribution in [3.05, 3.63) is 64.7 Å². The largest absolute Gasteiger partial charge is 0.497 e. The Hall–Kier alpha value is -2.73. The SMILES string of the molecule is COc1ccc(CCC(=O)NCCCc2nc(-c3ccncc3)cs2)cc1. The number of rotatable bonds is 9. The van der Waals surface area contributed by atoms with Crippen LogP contribution in [-0.4, -0.2) is 29.5 Å². The maximum atomic E-state index is 12.0. The highest BCUT2D eigenvalue weighted by Crippen LogP contribution is 2.21. The van der Waals surface area contributed by atoms with Crippen LogP contribution in [0.4, 0.5) is 0 Å². The first-order valence-electron chi connectivity index (χ1n) is 8.99. The molecule has 0 saturated heterocycles. The number of benzene rings is 1. The van der Waals surface area contributed by atoms with Gasteiger partial charge in [-0.3, -0.25) is 9.78 Å². The van der Waals surface area contributed by atoms with E-state index in [1.165, 1.54) is 0 Å². The molecule has 27 heavy (non-hydrogen) atoms. The van der Waals surface area contributed by atoms with Crippen molar-refractivity contribution in [2.75, 3.05) is 13.7 Å². The molecule has 2 heterocycles. The zero-order valence-electron chi connectivity index (χ0n) is 15.4. The first kappa shape index (κ1) is 19.0. The number of carbonyl (C=O) groups excluding carboxylic acids is 1. The Balaban J connectivity index is 1.35. The fraction of sp³-hybridized carbons (Fsp3) is 0.286. The molecule has 0 spiro atoms. The van der Waals surface area contributed by atoms with Crippen LogP contribution < -0.4 is 10.1 Å². The lowest BCUT2D eigenvalue weighted by Crippen LogP contribution is -2.24. The van der Waals surface area contributed by atoms with Gasteiger partial charge in [-0.1, -0.05) is 12.1 Å². The lowest BCUT2D eigenvalue weighted by molar-refractivity contribution is -0.121. The number of hydrogen-bond acceptors (Lipinski definition) is 5. The van der Waals surface area contributed by atoms with Gasteiger partial charge in [0.25, 0.3) is 0 Å². The van der Waals surface area contributed by atoms with Gasteiger partial charge in [-0.05, 0) is 42.7 Å². The number of amides is 1. The molecular formula is C21H23N3O2S. The van der Waals surface area contributed by atoms with Gasteiger partial charge in [0.1, 0.15) is 5.75 Å². The Morgan fingerprint density at radius 1 is 1.11 bits per heavy atom. The Labute approximate surface area is 163 Å². The third-order valence-electron chi connectivity index (χ3n) is 4.22. The van der Waals surface area contributed by atoms with Crippen molar-refractivity contribution in [2.45, 2.75) is 25.7 Å². The fourth-order valence-electron chi connectivity index (χ4n) is 2.69. The summed E-state index contributed by atoms with van der Waals surface area (Å²) in [5.41, 5.74) is 3.21. The van der Waals surface area contributed by atoms with Gasteiger partial charge >= 0.3 is 0 Å². The highest BCUT2D eigenvalue weighted by atomic mass is 32.1. The molecule has 140 valence electrons. The molecule has 6 heteroatoms. The maximum Gasteiger partial charge on any atom is 0.220 e. The van der Waals surface area contributed by atoms with Crippen LogP contribution in [-0.2, 0) is 17.6 Å². The molecule has 0 aliphatic carbocycles. The molecule has 3 rings (SSSR count). The van der Waals surface area contributed by atoms with Gasteiger partial charge in [-0.25, -0.2) is 4.98 Å². The smallest absolute Gasteiger partial charge is 0.220 e. The minimum Gasteiger partial charge on any atom is -0.497 e. The number of nitrogens with zero attached hydrogens (tertiary/aromatic N) is 2. The Morgan fingerprint density at radius 2 is 1.89 bits per heavy atom. The van der Waals surface area contributed by atoms with E-state index in [9.17, 15) is 4.79 Å².